The summed E-state index contributed by atoms with van der Waals surface area (Å²) in [4.78, 5) is 0. The number of rotatable bonds is 4. The second kappa shape index (κ2) is 11.3. The zero-order valence-corrected chi connectivity index (χ0v) is 6.35. The van der Waals surface area contributed by atoms with E-state index in [1.807, 2.05) is 13.8 Å². The Morgan fingerprint density at radius 3 is 1.75 bits per heavy atom. The maximum atomic E-state index is 4.99. The van der Waals surface area contributed by atoms with E-state index in [4.69, 9.17) is 7.58 Å². The van der Waals surface area contributed by atoms with Crippen molar-refractivity contribution in [1.82, 2.24) is 0 Å². The Kier molecular flexibility index (Phi) is 17.1. The van der Waals surface area contributed by atoms with Crippen LogP contribution in [0.2, 0.25) is 0 Å². The molecule has 0 saturated heterocycles. The molecule has 0 radical (unpaired) electrons. The Bertz CT molecular complexity index is 33.2. The van der Waals surface area contributed by atoms with E-state index in [9.17, 15) is 0 Å². The average molecular weight is 142 g/mol. The van der Waals surface area contributed by atoms with Gasteiger partial charge in [-0.3, -0.25) is 0 Å². The van der Waals surface area contributed by atoms with Gasteiger partial charge in [-0.05, 0) is 13.8 Å². The third kappa shape index (κ3) is 10.4. The molecule has 0 heterocycles. The molecular formula is C4H12AlNaO2. The molecule has 0 bridgehead atoms. The van der Waals surface area contributed by atoms with Crippen molar-refractivity contribution in [3.8, 4) is 0 Å². The molecular weight excluding hydrogens is 130 g/mol. The maximum absolute atomic E-state index is 4.99. The van der Waals surface area contributed by atoms with Gasteiger partial charge in [-0.25, -0.2) is 0 Å². The molecule has 0 unspecified atom stereocenters. The molecule has 4 heteroatoms. The monoisotopic (exact) mass is 142 g/mol. The minimum absolute atomic E-state index is 0. The minimum atomic E-state index is -0.589. The molecule has 0 amide bonds. The fourth-order valence-corrected chi connectivity index (χ4v) is 0.677. The second-order valence-corrected chi connectivity index (χ2v) is 2.16. The van der Waals surface area contributed by atoms with Crippen molar-refractivity contribution in [3.05, 3.63) is 0 Å². The predicted molar refractivity (Wildman–Crippen MR) is 37.5 cm³/mol. The van der Waals surface area contributed by atoms with E-state index >= 15 is 0 Å². The second-order valence-electron chi connectivity index (χ2n) is 1.10. The molecule has 0 aromatic carbocycles. The first-order valence-corrected chi connectivity index (χ1v) is 3.72. The van der Waals surface area contributed by atoms with E-state index in [2.05, 4.69) is 0 Å². The summed E-state index contributed by atoms with van der Waals surface area (Å²) in [5.74, 6) is 0. The Morgan fingerprint density at radius 2 is 1.50 bits per heavy atom. The van der Waals surface area contributed by atoms with Gasteiger partial charge in [0.15, 0.2) is 0 Å². The number of hydrogen-bond acceptors (Lipinski definition) is 2. The molecule has 0 spiro atoms. The standard InChI is InChI=1S/2C2H5O.Al.Na.2H/c2*1-2-3;;;;/h2*2H2,1H3;;;;/q2*-1;+2;;;. The van der Waals surface area contributed by atoms with E-state index in [0.29, 0.717) is 0 Å². The van der Waals surface area contributed by atoms with Gasteiger partial charge in [0.05, 0.1) is 0 Å². The summed E-state index contributed by atoms with van der Waals surface area (Å²) < 4.78 is 9.98. The van der Waals surface area contributed by atoms with E-state index < -0.39 is 15.9 Å². The van der Waals surface area contributed by atoms with Crippen LogP contribution in [-0.2, 0) is 7.58 Å². The molecule has 0 aliphatic rings. The van der Waals surface area contributed by atoms with Crippen LogP contribution in [0.1, 0.15) is 13.8 Å². The van der Waals surface area contributed by atoms with Gasteiger partial charge in [0, 0.05) is 13.2 Å². The third-order valence-electron chi connectivity index (χ3n) is 0.575. The van der Waals surface area contributed by atoms with Crippen molar-refractivity contribution >= 4 is 45.4 Å². The molecule has 0 rings (SSSR count). The molecule has 0 aromatic rings. The van der Waals surface area contributed by atoms with Gasteiger partial charge in [-0.2, -0.15) is 0 Å². The fourth-order valence-electron chi connectivity index (χ4n) is 0.226. The first-order valence-electron chi connectivity index (χ1n) is 2.57. The van der Waals surface area contributed by atoms with Crippen molar-refractivity contribution in [2.75, 3.05) is 13.2 Å². The van der Waals surface area contributed by atoms with Crippen LogP contribution < -0.4 is 0 Å². The molecule has 0 fully saturated rings. The Morgan fingerprint density at radius 1 is 1.12 bits per heavy atom. The SMILES string of the molecule is CC[O][AlH][O]CC.[NaH]. The summed E-state index contributed by atoms with van der Waals surface area (Å²) in [6.45, 7) is 5.55. The van der Waals surface area contributed by atoms with E-state index in [1.165, 1.54) is 0 Å². The normalized spacial score (nSPS) is 7.75. The Hall–Kier alpha value is 1.45. The van der Waals surface area contributed by atoms with Gasteiger partial charge in [-0.15, -0.1) is 0 Å². The van der Waals surface area contributed by atoms with E-state index in [0.717, 1.165) is 13.2 Å². The zero-order valence-electron chi connectivity index (χ0n) is 4.94. The van der Waals surface area contributed by atoms with Gasteiger partial charge in [0.2, 0.25) is 0 Å². The van der Waals surface area contributed by atoms with Crippen molar-refractivity contribution in [3.63, 3.8) is 0 Å². The molecule has 8 heavy (non-hydrogen) atoms. The Labute approximate surface area is 79.6 Å². The van der Waals surface area contributed by atoms with Crippen molar-refractivity contribution in [2.24, 2.45) is 0 Å². The van der Waals surface area contributed by atoms with Crippen LogP contribution in [0.3, 0.4) is 0 Å². The quantitative estimate of drug-likeness (QED) is 0.395. The first-order chi connectivity index (χ1) is 3.41. The molecule has 0 aromatic heterocycles. The molecule has 0 aliphatic carbocycles. The molecule has 44 valence electrons. The molecule has 0 N–H and O–H groups in total. The summed E-state index contributed by atoms with van der Waals surface area (Å²) in [7, 11) is 0. The van der Waals surface area contributed by atoms with Gasteiger partial charge in [0.25, 0.3) is 0 Å². The summed E-state index contributed by atoms with van der Waals surface area (Å²) in [5.41, 5.74) is 0. The molecule has 2 nitrogen and oxygen atoms in total. The van der Waals surface area contributed by atoms with Gasteiger partial charge < -0.3 is 7.58 Å². The molecule has 0 atom stereocenters. The van der Waals surface area contributed by atoms with Crippen molar-refractivity contribution in [2.45, 2.75) is 13.8 Å². The summed E-state index contributed by atoms with van der Waals surface area (Å²) in [6.07, 6.45) is 0. The molecule has 0 saturated carbocycles. The summed E-state index contributed by atoms with van der Waals surface area (Å²) >= 11 is -0.589. The van der Waals surface area contributed by atoms with Crippen LogP contribution >= 0.6 is 0 Å². The van der Waals surface area contributed by atoms with Crippen LogP contribution in [0.15, 0.2) is 0 Å². The number of hydrogen-bond donors (Lipinski definition) is 0. The van der Waals surface area contributed by atoms with Crippen LogP contribution in [0, 0.1) is 0 Å². The van der Waals surface area contributed by atoms with Gasteiger partial charge in [-0.1, -0.05) is 0 Å². The first kappa shape index (κ1) is 12.2. The average Bonchev–Trinajstić information content (AvgIpc) is 1.69. The third-order valence-corrected chi connectivity index (χ3v) is 1.72. The van der Waals surface area contributed by atoms with Gasteiger partial charge >= 0.3 is 45.4 Å². The van der Waals surface area contributed by atoms with Gasteiger partial charge in [0.1, 0.15) is 0 Å². The summed E-state index contributed by atoms with van der Waals surface area (Å²) in [5, 5.41) is 0. The topological polar surface area (TPSA) is 18.5 Å². The molecule has 0 aliphatic heterocycles. The summed E-state index contributed by atoms with van der Waals surface area (Å²) in [6, 6.07) is 0. The van der Waals surface area contributed by atoms with E-state index in [-0.39, 0.29) is 29.6 Å². The zero-order chi connectivity index (χ0) is 5.54. The van der Waals surface area contributed by atoms with Crippen LogP contribution in [0.5, 0.6) is 0 Å². The van der Waals surface area contributed by atoms with E-state index in [1.54, 1.807) is 0 Å². The predicted octanol–water partition coefficient (Wildman–Crippen LogP) is -0.323. The van der Waals surface area contributed by atoms with Crippen molar-refractivity contribution in [1.29, 1.82) is 0 Å². The van der Waals surface area contributed by atoms with Crippen LogP contribution in [-0.4, -0.2) is 58.7 Å². The van der Waals surface area contributed by atoms with Crippen molar-refractivity contribution < 1.29 is 7.58 Å². The van der Waals surface area contributed by atoms with Crippen LogP contribution in [0.25, 0.3) is 0 Å². The Balaban J connectivity index is 0. The fraction of sp³-hybridized carbons (Fsp3) is 1.00. The van der Waals surface area contributed by atoms with Crippen LogP contribution in [0.4, 0.5) is 0 Å².